The molecule has 164 valence electrons. The van der Waals surface area contributed by atoms with E-state index < -0.39 is 71.9 Å². The zero-order valence-electron chi connectivity index (χ0n) is 13.3. The van der Waals surface area contributed by atoms with Crippen LogP contribution in [0.1, 0.15) is 19.8 Å². The molecule has 2 atom stereocenters. The van der Waals surface area contributed by atoms with Crippen molar-refractivity contribution in [3.63, 3.8) is 0 Å². The number of rotatable bonds is 10. The van der Waals surface area contributed by atoms with Gasteiger partial charge in [-0.1, -0.05) is 0 Å². The van der Waals surface area contributed by atoms with Crippen molar-refractivity contribution in [3.8, 4) is 0 Å². The van der Waals surface area contributed by atoms with Gasteiger partial charge in [0, 0.05) is 20.1 Å². The van der Waals surface area contributed by atoms with Crippen molar-refractivity contribution in [1.29, 1.82) is 0 Å². The summed E-state index contributed by atoms with van der Waals surface area (Å²) in [7, 11) is -6.49. The molecule has 0 fully saturated rings. The van der Waals surface area contributed by atoms with Crippen LogP contribution in [0.2, 0.25) is 0 Å². The third-order valence-electron chi connectivity index (χ3n) is 2.81. The second-order valence-electron chi connectivity index (χ2n) is 5.29. The Morgan fingerprint density at radius 2 is 1.11 bits per heavy atom. The second kappa shape index (κ2) is 8.65. The van der Waals surface area contributed by atoms with Gasteiger partial charge in [0.1, 0.15) is 0 Å². The lowest BCUT2D eigenvalue weighted by Gasteiger charge is -2.27. The summed E-state index contributed by atoms with van der Waals surface area (Å²) in [6.45, 7) is -2.33. The van der Waals surface area contributed by atoms with E-state index in [9.17, 15) is 52.3 Å². The first kappa shape index (κ1) is 26.1. The average Bonchev–Trinajstić information content (AvgIpc) is 2.35. The number of unbranched alkanes of at least 4 members (excludes halogenated alkanes) is 1. The Morgan fingerprint density at radius 1 is 0.778 bits per heavy atom. The molecule has 5 nitrogen and oxygen atoms in total. The predicted molar refractivity (Wildman–Crippen MR) is 67.9 cm³/mol. The van der Waals surface area contributed by atoms with Crippen molar-refractivity contribution >= 4 is 10.1 Å². The molecule has 27 heavy (non-hydrogen) atoms. The minimum Gasteiger partial charge on any atom is -0.363 e. The van der Waals surface area contributed by atoms with Crippen LogP contribution in [-0.4, -0.2) is 61.9 Å². The van der Waals surface area contributed by atoms with Crippen molar-refractivity contribution < 1.29 is 66.3 Å². The van der Waals surface area contributed by atoms with E-state index in [1.54, 1.807) is 0 Å². The lowest BCUT2D eigenvalue weighted by molar-refractivity contribution is -0.280. The molecule has 0 aromatic rings. The number of halogens is 10. The van der Waals surface area contributed by atoms with Gasteiger partial charge in [-0.25, -0.2) is 8.78 Å². The quantitative estimate of drug-likeness (QED) is 0.313. The van der Waals surface area contributed by atoms with Gasteiger partial charge in [-0.15, -0.1) is 0 Å². The van der Waals surface area contributed by atoms with E-state index in [1.165, 1.54) is 0 Å². The summed E-state index contributed by atoms with van der Waals surface area (Å²) >= 11 is 0. The topological polar surface area (TPSA) is 72.8 Å². The van der Waals surface area contributed by atoms with Crippen LogP contribution < -0.4 is 0 Å². The molecule has 0 aromatic carbocycles. The first-order valence-corrected chi connectivity index (χ1v) is 8.25. The Labute approximate surface area is 146 Å². The van der Waals surface area contributed by atoms with Gasteiger partial charge in [0.05, 0.1) is 0 Å². The van der Waals surface area contributed by atoms with E-state index in [2.05, 4.69) is 9.47 Å². The van der Waals surface area contributed by atoms with Gasteiger partial charge >= 0.3 is 27.7 Å². The highest BCUT2D eigenvalue weighted by Gasteiger charge is 2.64. The van der Waals surface area contributed by atoms with Crippen molar-refractivity contribution in [1.82, 2.24) is 0 Å². The van der Waals surface area contributed by atoms with Crippen LogP contribution in [0.5, 0.6) is 0 Å². The molecule has 2 unspecified atom stereocenters. The number of hydrogen-bond acceptors (Lipinski definition) is 4. The third-order valence-corrected chi connectivity index (χ3v) is 3.71. The van der Waals surface area contributed by atoms with Crippen LogP contribution in [0.3, 0.4) is 0 Å². The molecule has 0 aliphatic heterocycles. The fraction of sp³-hybridized carbons (Fsp3) is 1.00. The van der Waals surface area contributed by atoms with Crippen LogP contribution in [-0.2, 0) is 19.6 Å². The summed E-state index contributed by atoms with van der Waals surface area (Å²) in [4.78, 5) is 0. The molecule has 0 aliphatic rings. The van der Waals surface area contributed by atoms with Crippen LogP contribution in [0, 0.1) is 0 Å². The molecule has 0 saturated carbocycles. The monoisotopic (exact) mass is 448 g/mol. The van der Waals surface area contributed by atoms with E-state index in [1.807, 2.05) is 0 Å². The lowest BCUT2D eigenvalue weighted by atomic mass is 10.2. The van der Waals surface area contributed by atoms with Crippen molar-refractivity contribution in [2.45, 2.75) is 55.5 Å². The van der Waals surface area contributed by atoms with Crippen molar-refractivity contribution in [3.05, 3.63) is 0 Å². The molecule has 0 aliphatic carbocycles. The van der Waals surface area contributed by atoms with Crippen LogP contribution in [0.25, 0.3) is 0 Å². The van der Waals surface area contributed by atoms with Crippen LogP contribution in [0.4, 0.5) is 43.9 Å². The molecule has 0 saturated heterocycles. The van der Waals surface area contributed by atoms with Crippen molar-refractivity contribution in [2.24, 2.45) is 0 Å². The maximum atomic E-state index is 13.1. The van der Waals surface area contributed by atoms with Gasteiger partial charge in [0.2, 0.25) is 12.2 Å². The molecular weight excluding hydrogens is 434 g/mol. The van der Waals surface area contributed by atoms with E-state index >= 15 is 0 Å². The summed E-state index contributed by atoms with van der Waals surface area (Å²) in [5.41, 5.74) is 0. The molecule has 0 bridgehead atoms. The Morgan fingerprint density at radius 3 is 1.37 bits per heavy atom. The summed E-state index contributed by atoms with van der Waals surface area (Å²) in [5, 5.41) is -5.74. The first-order chi connectivity index (χ1) is 11.7. The lowest BCUT2D eigenvalue weighted by Crippen LogP contribution is -2.51. The molecule has 1 N–H and O–H groups in total. The first-order valence-electron chi connectivity index (χ1n) is 6.81. The summed E-state index contributed by atoms with van der Waals surface area (Å²) < 4.78 is 163. The fourth-order valence-corrected chi connectivity index (χ4v) is 2.12. The van der Waals surface area contributed by atoms with Gasteiger partial charge in [-0.2, -0.15) is 43.5 Å². The standard InChI is InChI=1S/C11H14F10O5S/c1-8(12,13)6(9(14,15)16)25-4-2-3-5-26-7(10(17,18)19)11(20,21)27(22,23)24/h6-7H,2-5H2,1H3,(H,22,23,24). The van der Waals surface area contributed by atoms with Crippen molar-refractivity contribution in [2.75, 3.05) is 13.2 Å². The van der Waals surface area contributed by atoms with Gasteiger partial charge in [-0.3, -0.25) is 4.55 Å². The summed E-state index contributed by atoms with van der Waals surface area (Å²) in [6, 6.07) is 0. The maximum Gasteiger partial charge on any atom is 0.421 e. The Bertz CT molecular complexity index is 552. The predicted octanol–water partition coefficient (Wildman–Crippen LogP) is 3.80. The molecule has 0 radical (unpaired) electrons. The molecule has 0 aromatic heterocycles. The molecule has 0 amide bonds. The highest BCUT2D eigenvalue weighted by molar-refractivity contribution is 7.86. The SMILES string of the molecule is CC(F)(F)C(OCCCCOC(C(F)(F)F)C(F)(F)S(=O)(=O)O)C(F)(F)F. The average molecular weight is 448 g/mol. The summed E-state index contributed by atoms with van der Waals surface area (Å²) in [6.07, 6.45) is -20.4. The van der Waals surface area contributed by atoms with E-state index in [0.717, 1.165) is 0 Å². The third kappa shape index (κ3) is 7.95. The molecule has 0 heterocycles. The van der Waals surface area contributed by atoms with Gasteiger partial charge < -0.3 is 9.47 Å². The van der Waals surface area contributed by atoms with Gasteiger partial charge in [0.25, 0.3) is 5.92 Å². The Hall–Kier alpha value is -0.870. The van der Waals surface area contributed by atoms with E-state index in [-0.39, 0.29) is 6.92 Å². The molecule has 16 heteroatoms. The second-order valence-corrected chi connectivity index (χ2v) is 6.78. The van der Waals surface area contributed by atoms with E-state index in [4.69, 9.17) is 4.55 Å². The van der Waals surface area contributed by atoms with Gasteiger partial charge in [-0.05, 0) is 12.8 Å². The number of ether oxygens (including phenoxy) is 2. The highest BCUT2D eigenvalue weighted by atomic mass is 32.2. The molecular formula is C11H14F10O5S. The number of alkyl halides is 10. The van der Waals surface area contributed by atoms with E-state index in [0.29, 0.717) is 0 Å². The normalized spacial score (nSPS) is 17.0. The minimum absolute atomic E-state index is 0.0698. The zero-order chi connectivity index (χ0) is 21.9. The fourth-order valence-electron chi connectivity index (χ4n) is 1.65. The van der Waals surface area contributed by atoms with Crippen LogP contribution >= 0.6 is 0 Å². The van der Waals surface area contributed by atoms with Gasteiger partial charge in [0.15, 0.2) is 0 Å². The minimum atomic E-state index is -6.49. The highest BCUT2D eigenvalue weighted by Crippen LogP contribution is 2.38. The zero-order valence-corrected chi connectivity index (χ0v) is 14.1. The Kier molecular flexibility index (Phi) is 8.37. The molecule has 0 spiro atoms. The Balaban J connectivity index is 4.70. The number of hydrogen-bond donors (Lipinski definition) is 1. The maximum absolute atomic E-state index is 13.1. The smallest absolute Gasteiger partial charge is 0.363 e. The van der Waals surface area contributed by atoms with Crippen LogP contribution in [0.15, 0.2) is 0 Å². The summed E-state index contributed by atoms with van der Waals surface area (Å²) in [5.74, 6) is -4.31. The largest absolute Gasteiger partial charge is 0.421 e. The molecule has 0 rings (SSSR count).